The molecule has 0 radical (unpaired) electrons. The number of halogens is 1. The van der Waals surface area contributed by atoms with Crippen molar-refractivity contribution in [1.29, 1.82) is 2.67 Å². The Kier molecular flexibility index (Phi) is 14.1. The SMILES string of the molecule is [2H]B([3H])CSOc1ccc(/C=C/[C@@H](C)[C@@H]2C/C=C/C(=O)N[C@H](Cc3ccc(C)c(Cl)c3)C(=O)NCC(C)(C)C(=O)O[C@@H](CC(C)C)C(=O)O2)cc1. The molecule has 264 valence electrons. The van der Waals surface area contributed by atoms with E-state index >= 15 is 0 Å². The summed E-state index contributed by atoms with van der Waals surface area (Å²) in [6, 6.07) is 11.7. The molecule has 0 saturated carbocycles. The van der Waals surface area contributed by atoms with Crippen molar-refractivity contribution in [3.8, 4) is 5.75 Å². The first kappa shape index (κ1) is 36.6. The van der Waals surface area contributed by atoms with Crippen LogP contribution in [0, 0.1) is 24.2 Å². The Labute approximate surface area is 303 Å². The molecule has 1 aliphatic rings. The molecule has 4 atom stereocenters. The first-order chi connectivity index (χ1) is 24.0. The van der Waals surface area contributed by atoms with Gasteiger partial charge in [0.15, 0.2) is 6.10 Å². The number of esters is 2. The fraction of sp³-hybridized carbons (Fsp3) is 0.459. The van der Waals surface area contributed by atoms with Crippen molar-refractivity contribution in [2.45, 2.75) is 79.1 Å². The van der Waals surface area contributed by atoms with Gasteiger partial charge in [-0.05, 0) is 76.7 Å². The van der Waals surface area contributed by atoms with Gasteiger partial charge in [0.25, 0.3) is 0 Å². The lowest BCUT2D eigenvalue weighted by molar-refractivity contribution is -0.178. The van der Waals surface area contributed by atoms with Crippen molar-refractivity contribution < 1.29 is 32.8 Å². The molecule has 0 aliphatic carbocycles. The fourth-order valence-electron chi connectivity index (χ4n) is 4.87. The fourth-order valence-corrected chi connectivity index (χ4v) is 5.39. The smallest absolute Gasteiger partial charge is 0.347 e. The number of hydrogen-bond donors (Lipinski definition) is 2. The van der Waals surface area contributed by atoms with E-state index in [1.165, 1.54) is 6.08 Å². The van der Waals surface area contributed by atoms with Crippen LogP contribution in [0.2, 0.25) is 5.02 Å². The van der Waals surface area contributed by atoms with Crippen molar-refractivity contribution in [1.82, 2.24) is 10.6 Å². The minimum Gasteiger partial charge on any atom is -0.459 e. The van der Waals surface area contributed by atoms with E-state index in [4.69, 9.17) is 27.9 Å². The first-order valence-corrected chi connectivity index (χ1v) is 17.7. The van der Waals surface area contributed by atoms with E-state index in [0.29, 0.717) is 10.8 Å². The normalized spacial score (nSPS) is 22.7. The van der Waals surface area contributed by atoms with Crippen LogP contribution in [-0.4, -0.2) is 64.6 Å². The maximum absolute atomic E-state index is 13.6. The predicted molar refractivity (Wildman–Crippen MR) is 198 cm³/mol. The van der Waals surface area contributed by atoms with Crippen LogP contribution in [0.3, 0.4) is 0 Å². The van der Waals surface area contributed by atoms with Crippen LogP contribution >= 0.6 is 23.6 Å². The van der Waals surface area contributed by atoms with Gasteiger partial charge in [0, 0.05) is 48.0 Å². The highest BCUT2D eigenvalue weighted by Gasteiger charge is 2.37. The Hall–Kier alpha value is -3.70. The molecule has 0 spiro atoms. The maximum atomic E-state index is 13.6. The highest BCUT2D eigenvalue weighted by atomic mass is 35.5. The van der Waals surface area contributed by atoms with Crippen molar-refractivity contribution in [2.24, 2.45) is 17.3 Å². The topological polar surface area (TPSA) is 120 Å². The molecule has 12 heteroatoms. The Morgan fingerprint density at radius 3 is 2.57 bits per heavy atom. The maximum Gasteiger partial charge on any atom is 0.347 e. The van der Waals surface area contributed by atoms with Gasteiger partial charge in [-0.2, -0.15) is 0 Å². The van der Waals surface area contributed by atoms with Gasteiger partial charge in [-0.3, -0.25) is 14.4 Å². The number of carbonyl (C=O) groups excluding carboxylic acids is 4. The number of cyclic esters (lactones) is 2. The third-order valence-corrected chi connectivity index (χ3v) is 8.80. The van der Waals surface area contributed by atoms with E-state index < -0.39 is 55.2 Å². The highest BCUT2D eigenvalue weighted by molar-refractivity contribution is 7.96. The quantitative estimate of drug-likeness (QED) is 0.175. The second-order valence-electron chi connectivity index (χ2n) is 13.2. The molecule has 1 heterocycles. The van der Waals surface area contributed by atoms with Crippen LogP contribution < -0.4 is 14.8 Å². The van der Waals surface area contributed by atoms with Crippen LogP contribution in [0.15, 0.2) is 60.7 Å². The minimum atomic E-state index is -1.20. The average molecular weight is 714 g/mol. The molecule has 0 saturated heterocycles. The standard InChI is InChI=1S/C37H48BClN2O7S/c1-23(2)18-32-35(44)46-31(25(4)11-12-26-14-16-28(17-15-26)48-49-22-38)8-7-9-33(42)41-30(20-27-13-10-24(3)29(39)19-27)34(43)40-21-37(5,6)36(45)47-32/h7,9-17,19,23,25,30-32H,8,18,20-22,38H2,1-6H3,(H,40,43)(H,41,42)/b9-7+,12-11+/t25-,30-,31+,32+/m1/s1/i38TD. The van der Waals surface area contributed by atoms with Gasteiger partial charge in [0.05, 0.1) is 5.41 Å². The van der Waals surface area contributed by atoms with Gasteiger partial charge in [-0.25, -0.2) is 4.79 Å². The number of nitrogens with one attached hydrogen (secondary N) is 2. The molecule has 0 fully saturated rings. The molecular formula is C37H48BClN2O7S. The van der Waals surface area contributed by atoms with Gasteiger partial charge in [-0.1, -0.05) is 74.9 Å². The second-order valence-corrected chi connectivity index (χ2v) is 14.4. The lowest BCUT2D eigenvalue weighted by Gasteiger charge is -2.29. The van der Waals surface area contributed by atoms with Gasteiger partial charge >= 0.3 is 11.9 Å². The van der Waals surface area contributed by atoms with Crippen molar-refractivity contribution in [3.63, 3.8) is 0 Å². The number of rotatable bonds is 11. The van der Waals surface area contributed by atoms with Crippen LogP contribution in [0.1, 0.15) is 64.2 Å². The van der Waals surface area contributed by atoms with E-state index in [0.717, 1.165) is 28.7 Å². The van der Waals surface area contributed by atoms with Crippen LogP contribution in [0.4, 0.5) is 0 Å². The molecule has 2 N–H and O–H groups in total. The van der Waals surface area contributed by atoms with Gasteiger partial charge in [0.1, 0.15) is 25.7 Å². The molecule has 9 nitrogen and oxygen atoms in total. The Balaban J connectivity index is 1.88. The predicted octanol–water partition coefficient (Wildman–Crippen LogP) is 5.61. The monoisotopic (exact) mass is 713 g/mol. The molecule has 2 aromatic carbocycles. The molecule has 1 aliphatic heterocycles. The zero-order valence-electron chi connectivity index (χ0n) is 31.0. The molecule has 0 aromatic heterocycles. The number of amides is 2. The van der Waals surface area contributed by atoms with Crippen molar-refractivity contribution >= 4 is 61.2 Å². The Morgan fingerprint density at radius 2 is 1.90 bits per heavy atom. The Morgan fingerprint density at radius 1 is 1.16 bits per heavy atom. The molecule has 49 heavy (non-hydrogen) atoms. The summed E-state index contributed by atoms with van der Waals surface area (Å²) in [4.78, 5) is 53.6. The molecule has 0 bridgehead atoms. The summed E-state index contributed by atoms with van der Waals surface area (Å²) in [5, 5.41) is 6.09. The van der Waals surface area contributed by atoms with Crippen molar-refractivity contribution in [3.05, 3.63) is 82.4 Å². The zero-order valence-corrected chi connectivity index (χ0v) is 30.6. The summed E-state index contributed by atoms with van der Waals surface area (Å²) in [7, 11) is -0.974. The number of carbonyl (C=O) groups is 4. The van der Waals surface area contributed by atoms with Crippen LogP contribution in [0.5, 0.6) is 5.75 Å². The third kappa shape index (κ3) is 12.9. The zero-order chi connectivity index (χ0) is 37.7. The van der Waals surface area contributed by atoms with Gasteiger partial charge in [0.2, 0.25) is 11.8 Å². The van der Waals surface area contributed by atoms with E-state index in [-0.39, 0.29) is 43.3 Å². The molecule has 3 rings (SSSR count). The van der Waals surface area contributed by atoms with Crippen LogP contribution in [-0.2, 0) is 35.1 Å². The summed E-state index contributed by atoms with van der Waals surface area (Å²) >= 11 is 7.38. The van der Waals surface area contributed by atoms with Crippen molar-refractivity contribution in [2.75, 3.05) is 12.2 Å². The highest BCUT2D eigenvalue weighted by Crippen LogP contribution is 2.24. The third-order valence-electron chi connectivity index (χ3n) is 7.95. The summed E-state index contributed by atoms with van der Waals surface area (Å²) in [6.07, 6.45) is 5.36. The van der Waals surface area contributed by atoms with E-state index in [1.807, 2.05) is 64.1 Å². The molecule has 2 aromatic rings. The summed E-state index contributed by atoms with van der Waals surface area (Å²) in [5.74, 6) is -2.07. The first-order valence-electron chi connectivity index (χ1n) is 17.5. The second kappa shape index (κ2) is 18.9. The van der Waals surface area contributed by atoms with E-state index in [9.17, 15) is 19.2 Å². The largest absolute Gasteiger partial charge is 0.459 e. The van der Waals surface area contributed by atoms with Gasteiger partial charge in [-0.15, -0.1) is 0 Å². The summed E-state index contributed by atoms with van der Waals surface area (Å²) in [5.41, 5.74) is 1.51. The minimum absolute atomic E-state index is 0.00452. The number of aryl methyl sites for hydroxylation is 1. The summed E-state index contributed by atoms with van der Waals surface area (Å²) in [6.45, 7) is 10.7. The van der Waals surface area contributed by atoms with E-state index in [2.05, 4.69) is 10.6 Å². The molecule has 0 unspecified atom stereocenters. The van der Waals surface area contributed by atoms with Crippen LogP contribution in [0.25, 0.3) is 6.08 Å². The lowest BCUT2D eigenvalue weighted by atomic mass is 9.93. The van der Waals surface area contributed by atoms with Gasteiger partial charge < -0.3 is 24.3 Å². The Bertz CT molecular complexity index is 1570. The lowest BCUT2D eigenvalue weighted by Crippen LogP contribution is -2.51. The molecular weight excluding hydrogens is 663 g/mol. The van der Waals surface area contributed by atoms with E-state index in [1.54, 1.807) is 38.1 Å². The summed E-state index contributed by atoms with van der Waals surface area (Å²) < 4.78 is 31.8. The number of benzene rings is 2. The number of hydrogen-bond acceptors (Lipinski definition) is 8. The average Bonchev–Trinajstić information content (AvgIpc) is 3.06. The number of ether oxygens (including phenoxy) is 2. The molecule has 2 amide bonds.